The number of benzene rings is 2. The summed E-state index contributed by atoms with van der Waals surface area (Å²) in [4.78, 5) is 36.5. The Hall–Kier alpha value is -6.76. The van der Waals surface area contributed by atoms with Crippen molar-refractivity contribution in [3.63, 3.8) is 0 Å². The van der Waals surface area contributed by atoms with Crippen LogP contribution < -0.4 is 16.6 Å². The first-order valence-corrected chi connectivity index (χ1v) is 13.1. The average molecular weight is 610 g/mol. The van der Waals surface area contributed by atoms with E-state index in [1.54, 1.807) is 43.7 Å². The van der Waals surface area contributed by atoms with E-state index in [0.717, 1.165) is 0 Å². The molecular formula is C29H23N9O7. The van der Waals surface area contributed by atoms with Gasteiger partial charge in [0.25, 0.3) is 11.5 Å². The third-order valence-corrected chi connectivity index (χ3v) is 7.02. The number of phenolic OH excluding ortho intramolecular Hbond substituents is 5. The molecule has 0 aliphatic carbocycles. The van der Waals surface area contributed by atoms with Crippen LogP contribution in [-0.4, -0.2) is 65.4 Å². The molecule has 0 aliphatic rings. The molecule has 4 aromatic heterocycles. The monoisotopic (exact) mass is 609 g/mol. The Morgan fingerprint density at radius 1 is 0.978 bits per heavy atom. The number of carbonyl (C=O) groups is 1. The summed E-state index contributed by atoms with van der Waals surface area (Å²) in [5, 5.41) is 63.0. The van der Waals surface area contributed by atoms with E-state index in [0.29, 0.717) is 10.3 Å². The fraction of sp³-hybridized carbons (Fsp3) is 0.103. The number of aromatic hydroxyl groups is 5. The molecule has 1 atom stereocenters. The molecule has 0 spiro atoms. The van der Waals surface area contributed by atoms with Gasteiger partial charge in [-0.05, 0) is 37.1 Å². The Balaban J connectivity index is 1.59. The molecule has 226 valence electrons. The van der Waals surface area contributed by atoms with Crippen LogP contribution in [0.1, 0.15) is 40.4 Å². The number of amides is 1. The minimum absolute atomic E-state index is 0.0589. The van der Waals surface area contributed by atoms with E-state index in [1.165, 1.54) is 28.4 Å². The number of fused-ring (bicyclic) bond motifs is 2. The van der Waals surface area contributed by atoms with Crippen LogP contribution in [0.25, 0.3) is 22.2 Å². The van der Waals surface area contributed by atoms with Crippen molar-refractivity contribution in [1.29, 1.82) is 0 Å². The van der Waals surface area contributed by atoms with Crippen molar-refractivity contribution in [2.75, 3.05) is 5.73 Å². The third-order valence-electron chi connectivity index (χ3n) is 7.02. The number of nitrogens with zero attached hydrogens (tertiary/aromatic N) is 7. The van der Waals surface area contributed by atoms with Gasteiger partial charge in [-0.15, -0.1) is 5.10 Å². The third kappa shape index (κ3) is 4.51. The van der Waals surface area contributed by atoms with Crippen LogP contribution in [0.5, 0.6) is 28.7 Å². The lowest BCUT2D eigenvalue weighted by molar-refractivity contribution is 0.0940. The van der Waals surface area contributed by atoms with E-state index in [-0.39, 0.29) is 39.3 Å². The molecule has 6 rings (SSSR count). The van der Waals surface area contributed by atoms with Crippen molar-refractivity contribution in [2.24, 2.45) is 7.05 Å². The Morgan fingerprint density at radius 3 is 2.38 bits per heavy atom. The van der Waals surface area contributed by atoms with Gasteiger partial charge in [-0.3, -0.25) is 18.8 Å². The molecule has 0 saturated heterocycles. The summed E-state index contributed by atoms with van der Waals surface area (Å²) in [5.74, 6) is -1.26. The van der Waals surface area contributed by atoms with Crippen LogP contribution in [0.3, 0.4) is 0 Å². The van der Waals surface area contributed by atoms with Gasteiger partial charge in [0, 0.05) is 25.0 Å². The highest BCUT2D eigenvalue weighted by atomic mass is 16.4. The van der Waals surface area contributed by atoms with E-state index >= 15 is 0 Å². The van der Waals surface area contributed by atoms with E-state index < -0.39 is 51.9 Å². The first kappa shape index (κ1) is 28.4. The number of nitrogen functional groups attached to an aromatic ring is 1. The molecule has 16 heteroatoms. The van der Waals surface area contributed by atoms with Gasteiger partial charge < -0.3 is 36.6 Å². The molecule has 1 unspecified atom stereocenters. The first-order valence-electron chi connectivity index (χ1n) is 13.1. The smallest absolute Gasteiger partial charge is 0.267 e. The maximum absolute atomic E-state index is 14.3. The lowest BCUT2D eigenvalue weighted by Gasteiger charge is -2.22. The van der Waals surface area contributed by atoms with Crippen LogP contribution in [0.2, 0.25) is 0 Å². The number of aryl methyl sites for hydroxylation is 1. The van der Waals surface area contributed by atoms with Gasteiger partial charge in [0.05, 0.1) is 23.1 Å². The summed E-state index contributed by atoms with van der Waals surface area (Å²) in [6.45, 7) is 1.46. The number of anilines is 1. The number of aromatic nitrogens is 7. The number of carbonyl (C=O) groups excluding carboxylic acids is 1. The van der Waals surface area contributed by atoms with Crippen molar-refractivity contribution < 1.29 is 30.3 Å². The van der Waals surface area contributed by atoms with E-state index in [2.05, 4.69) is 37.3 Å². The van der Waals surface area contributed by atoms with Crippen LogP contribution in [0, 0.1) is 11.8 Å². The number of hydrogen-bond acceptors (Lipinski definition) is 12. The van der Waals surface area contributed by atoms with E-state index in [9.17, 15) is 35.1 Å². The van der Waals surface area contributed by atoms with Gasteiger partial charge in [0.1, 0.15) is 22.8 Å². The Bertz CT molecular complexity index is 2280. The molecule has 0 saturated carbocycles. The normalized spacial score (nSPS) is 11.8. The van der Waals surface area contributed by atoms with Gasteiger partial charge >= 0.3 is 0 Å². The Morgan fingerprint density at radius 2 is 1.69 bits per heavy atom. The van der Waals surface area contributed by atoms with Crippen LogP contribution >= 0.6 is 0 Å². The van der Waals surface area contributed by atoms with Crippen LogP contribution in [0.4, 0.5) is 5.82 Å². The van der Waals surface area contributed by atoms with Crippen molar-refractivity contribution in [3.8, 4) is 46.3 Å². The maximum Gasteiger partial charge on any atom is 0.267 e. The molecule has 6 aromatic rings. The second kappa shape index (κ2) is 10.5. The van der Waals surface area contributed by atoms with Gasteiger partial charge in [0.2, 0.25) is 17.2 Å². The summed E-state index contributed by atoms with van der Waals surface area (Å²) in [7, 11) is 1.69. The average Bonchev–Trinajstić information content (AvgIpc) is 3.59. The van der Waals surface area contributed by atoms with E-state index in [4.69, 9.17) is 5.73 Å². The summed E-state index contributed by atoms with van der Waals surface area (Å²) >= 11 is 0. The quantitative estimate of drug-likeness (QED) is 0.0846. The fourth-order valence-electron chi connectivity index (χ4n) is 4.83. The lowest BCUT2D eigenvalue weighted by atomic mass is 10.1. The van der Waals surface area contributed by atoms with E-state index in [1.807, 2.05) is 0 Å². The molecule has 0 fully saturated rings. The predicted molar refractivity (Wildman–Crippen MR) is 158 cm³/mol. The second-order valence-electron chi connectivity index (χ2n) is 9.84. The second-order valence-corrected chi connectivity index (χ2v) is 9.84. The standard InChI is InChI=1S/C29H23N9O7/c1-13(33-28(44)18-25(30)35-37-12-4-10-31-27(18)37)26-34-16-6-3-5-14(7-8-15-9-11-32-36(15)2)17(16)29(45)38(26)19-20(39)22(41)24(43)23(42)21(19)40/h3-6,9-13,39-43H,1-2H3,(H2,30,35)(H,33,44). The molecular weight excluding hydrogens is 586 g/mol. The molecule has 0 radical (unpaired) electrons. The molecule has 0 bridgehead atoms. The number of rotatable bonds is 4. The molecule has 45 heavy (non-hydrogen) atoms. The molecule has 0 aliphatic heterocycles. The highest BCUT2D eigenvalue weighted by Gasteiger charge is 2.30. The maximum atomic E-state index is 14.3. The zero-order valence-electron chi connectivity index (χ0n) is 23.5. The lowest BCUT2D eigenvalue weighted by Crippen LogP contribution is -2.33. The van der Waals surface area contributed by atoms with Crippen molar-refractivity contribution in [2.45, 2.75) is 13.0 Å². The summed E-state index contributed by atoms with van der Waals surface area (Å²) in [5.41, 5.74) is 5.25. The molecule has 2 aromatic carbocycles. The summed E-state index contributed by atoms with van der Waals surface area (Å²) in [6, 6.07) is 6.79. The topological polar surface area (TPSA) is 239 Å². The zero-order chi connectivity index (χ0) is 32.2. The molecule has 4 heterocycles. The number of nitrogens with two attached hydrogens (primary N) is 1. The van der Waals surface area contributed by atoms with Crippen LogP contribution in [0.15, 0.2) is 53.7 Å². The van der Waals surface area contributed by atoms with Crippen molar-refractivity contribution >= 4 is 28.3 Å². The summed E-state index contributed by atoms with van der Waals surface area (Å²) in [6.07, 6.45) is 4.55. The molecule has 16 nitrogen and oxygen atoms in total. The van der Waals surface area contributed by atoms with Gasteiger partial charge in [-0.1, -0.05) is 12.0 Å². The predicted octanol–water partition coefficient (Wildman–Crippen LogP) is 1.16. The highest BCUT2D eigenvalue weighted by Crippen LogP contribution is 2.52. The van der Waals surface area contributed by atoms with Crippen molar-refractivity contribution in [1.82, 2.24) is 39.2 Å². The molecule has 1 amide bonds. The van der Waals surface area contributed by atoms with Gasteiger partial charge in [0.15, 0.2) is 23.0 Å². The summed E-state index contributed by atoms with van der Waals surface area (Å²) < 4.78 is 3.54. The largest absolute Gasteiger partial charge is 0.503 e. The minimum atomic E-state index is -1.22. The zero-order valence-corrected chi connectivity index (χ0v) is 23.5. The minimum Gasteiger partial charge on any atom is -0.503 e. The Labute approximate surface area is 251 Å². The number of nitrogens with one attached hydrogen (secondary N) is 1. The molecule has 8 N–H and O–H groups in total. The SMILES string of the molecule is CC(NC(=O)c1c(N)nn2cccnc12)c1nc2cccc(C#Cc3ccnn3C)c2c(=O)n1-c1c(O)c(O)c(O)c(O)c1O. The number of phenols is 5. The van der Waals surface area contributed by atoms with Crippen molar-refractivity contribution in [3.05, 3.63) is 81.9 Å². The van der Waals surface area contributed by atoms with Gasteiger partial charge in [-0.25, -0.2) is 14.5 Å². The van der Waals surface area contributed by atoms with Gasteiger partial charge in [-0.2, -0.15) is 5.10 Å². The number of hydrogen-bond donors (Lipinski definition) is 7. The van der Waals surface area contributed by atoms with Crippen LogP contribution in [-0.2, 0) is 7.05 Å². The highest BCUT2D eigenvalue weighted by molar-refractivity contribution is 6.04. The fourth-order valence-corrected chi connectivity index (χ4v) is 4.83. The first-order chi connectivity index (χ1) is 21.5. The Kier molecular flexibility index (Phi) is 6.62.